The fourth-order valence-electron chi connectivity index (χ4n) is 1.87. The highest BCUT2D eigenvalue weighted by Gasteiger charge is 2.22. The number of amides is 1. The second-order valence-electron chi connectivity index (χ2n) is 4.78. The summed E-state index contributed by atoms with van der Waals surface area (Å²) in [6, 6.07) is 7.88. The predicted octanol–water partition coefficient (Wildman–Crippen LogP) is 1.65. The SMILES string of the molecule is C[C@H](Sc1nnnn1-c1cccc(F)c1)C(=O)N(C)CCC#N. The monoisotopic (exact) mass is 334 g/mol. The number of tetrazole rings is 1. The number of hydrogen-bond donors (Lipinski definition) is 0. The van der Waals surface area contributed by atoms with Crippen molar-refractivity contribution in [1.29, 1.82) is 5.26 Å². The van der Waals surface area contributed by atoms with Gasteiger partial charge < -0.3 is 4.90 Å². The van der Waals surface area contributed by atoms with Gasteiger partial charge in [-0.25, -0.2) is 4.39 Å². The highest BCUT2D eigenvalue weighted by Crippen LogP contribution is 2.24. The Hall–Kier alpha value is -2.47. The molecule has 1 atom stereocenters. The smallest absolute Gasteiger partial charge is 0.235 e. The first-order chi connectivity index (χ1) is 11.0. The molecule has 0 aliphatic carbocycles. The number of benzene rings is 1. The summed E-state index contributed by atoms with van der Waals surface area (Å²) in [5.41, 5.74) is 0.481. The van der Waals surface area contributed by atoms with Crippen LogP contribution in [-0.4, -0.2) is 49.9 Å². The van der Waals surface area contributed by atoms with Crippen LogP contribution in [0.25, 0.3) is 5.69 Å². The topological polar surface area (TPSA) is 87.7 Å². The molecule has 1 aromatic heterocycles. The number of halogens is 1. The maximum Gasteiger partial charge on any atom is 0.235 e. The summed E-state index contributed by atoms with van der Waals surface area (Å²) in [5.74, 6) is -0.520. The van der Waals surface area contributed by atoms with Crippen LogP contribution in [0.1, 0.15) is 13.3 Å². The number of hydrogen-bond acceptors (Lipinski definition) is 6. The maximum absolute atomic E-state index is 13.3. The zero-order valence-corrected chi connectivity index (χ0v) is 13.5. The minimum absolute atomic E-state index is 0.126. The van der Waals surface area contributed by atoms with E-state index < -0.39 is 11.1 Å². The van der Waals surface area contributed by atoms with E-state index in [4.69, 9.17) is 5.26 Å². The standard InChI is InChI=1S/C14H15FN6OS/c1-10(13(22)20(2)8-4-7-16)23-14-17-18-19-21(14)12-6-3-5-11(15)9-12/h3,5-6,9-10H,4,8H2,1-2H3/t10-/m0/s1. The van der Waals surface area contributed by atoms with Gasteiger partial charge in [-0.05, 0) is 35.5 Å². The van der Waals surface area contributed by atoms with Gasteiger partial charge in [0.1, 0.15) is 5.82 Å². The van der Waals surface area contributed by atoms with Gasteiger partial charge in [-0.1, -0.05) is 17.8 Å². The molecule has 0 aliphatic heterocycles. The molecule has 0 spiro atoms. The van der Waals surface area contributed by atoms with Gasteiger partial charge in [-0.3, -0.25) is 4.79 Å². The molecule has 0 fully saturated rings. The molecule has 23 heavy (non-hydrogen) atoms. The molecule has 0 aliphatic rings. The molecule has 2 rings (SSSR count). The molecule has 0 saturated heterocycles. The van der Waals surface area contributed by atoms with Crippen LogP contribution < -0.4 is 0 Å². The van der Waals surface area contributed by atoms with Crippen LogP contribution in [0.15, 0.2) is 29.4 Å². The molecule has 1 heterocycles. The van der Waals surface area contributed by atoms with E-state index in [9.17, 15) is 9.18 Å². The van der Waals surface area contributed by atoms with Crippen LogP contribution in [0.5, 0.6) is 0 Å². The third kappa shape index (κ3) is 4.26. The summed E-state index contributed by atoms with van der Waals surface area (Å²) < 4.78 is 14.7. The Morgan fingerprint density at radius 1 is 1.57 bits per heavy atom. The Labute approximate surface area is 137 Å². The molecular formula is C14H15FN6OS. The van der Waals surface area contributed by atoms with Gasteiger partial charge in [-0.2, -0.15) is 9.94 Å². The normalized spacial score (nSPS) is 11.7. The van der Waals surface area contributed by atoms with Crippen molar-refractivity contribution < 1.29 is 9.18 Å². The van der Waals surface area contributed by atoms with E-state index in [-0.39, 0.29) is 12.3 Å². The van der Waals surface area contributed by atoms with E-state index in [1.54, 1.807) is 26.1 Å². The van der Waals surface area contributed by atoms with Crippen molar-refractivity contribution >= 4 is 17.7 Å². The van der Waals surface area contributed by atoms with Gasteiger partial charge in [0, 0.05) is 13.6 Å². The third-order valence-corrected chi connectivity index (χ3v) is 4.08. The molecule has 0 N–H and O–H groups in total. The lowest BCUT2D eigenvalue weighted by molar-refractivity contribution is -0.128. The minimum Gasteiger partial charge on any atom is -0.344 e. The lowest BCUT2D eigenvalue weighted by atomic mass is 10.3. The molecule has 0 saturated carbocycles. The molecule has 9 heteroatoms. The fourth-order valence-corrected chi connectivity index (χ4v) is 2.79. The van der Waals surface area contributed by atoms with Crippen LogP contribution in [0.4, 0.5) is 4.39 Å². The van der Waals surface area contributed by atoms with Gasteiger partial charge in [0.25, 0.3) is 0 Å². The number of rotatable bonds is 6. The van der Waals surface area contributed by atoms with Crippen molar-refractivity contribution in [2.75, 3.05) is 13.6 Å². The molecule has 2 aromatic rings. The first-order valence-electron chi connectivity index (χ1n) is 6.86. The van der Waals surface area contributed by atoms with Crippen LogP contribution >= 0.6 is 11.8 Å². The molecule has 1 aromatic carbocycles. The molecule has 7 nitrogen and oxygen atoms in total. The summed E-state index contributed by atoms with van der Waals surface area (Å²) in [6.07, 6.45) is 0.278. The largest absolute Gasteiger partial charge is 0.344 e. The number of nitriles is 1. The van der Waals surface area contributed by atoms with Gasteiger partial charge in [0.15, 0.2) is 0 Å². The van der Waals surface area contributed by atoms with E-state index >= 15 is 0 Å². The zero-order valence-electron chi connectivity index (χ0n) is 12.7. The highest BCUT2D eigenvalue weighted by atomic mass is 32.2. The molecule has 1 amide bonds. The summed E-state index contributed by atoms with van der Waals surface area (Å²) in [7, 11) is 1.65. The van der Waals surface area contributed by atoms with E-state index in [2.05, 4.69) is 15.5 Å². The number of nitrogens with zero attached hydrogens (tertiary/aromatic N) is 6. The van der Waals surface area contributed by atoms with Crippen LogP contribution in [-0.2, 0) is 4.79 Å². The highest BCUT2D eigenvalue weighted by molar-refractivity contribution is 8.00. The van der Waals surface area contributed by atoms with Crippen molar-refractivity contribution in [2.24, 2.45) is 0 Å². The average molecular weight is 334 g/mol. The molecule has 120 valence electrons. The number of carbonyl (C=O) groups is 1. The Kier molecular flexibility index (Phi) is 5.65. The summed E-state index contributed by atoms with van der Waals surface area (Å²) in [5, 5.41) is 19.8. The molecule has 0 radical (unpaired) electrons. The number of carbonyl (C=O) groups excluding carboxylic acids is 1. The first-order valence-corrected chi connectivity index (χ1v) is 7.74. The Bertz CT molecular complexity index is 728. The summed E-state index contributed by atoms with van der Waals surface area (Å²) in [4.78, 5) is 13.7. The molecular weight excluding hydrogens is 319 g/mol. The number of thioether (sulfide) groups is 1. The summed E-state index contributed by atoms with van der Waals surface area (Å²) in [6.45, 7) is 2.11. The van der Waals surface area contributed by atoms with Crippen molar-refractivity contribution in [3.63, 3.8) is 0 Å². The Morgan fingerprint density at radius 3 is 3.04 bits per heavy atom. The van der Waals surface area contributed by atoms with Gasteiger partial charge in [0.2, 0.25) is 11.1 Å². The Balaban J connectivity index is 2.11. The fraction of sp³-hybridized carbons (Fsp3) is 0.357. The zero-order chi connectivity index (χ0) is 16.8. The maximum atomic E-state index is 13.3. The van der Waals surface area contributed by atoms with Crippen LogP contribution in [0.3, 0.4) is 0 Å². The van der Waals surface area contributed by atoms with Crippen molar-refractivity contribution in [3.05, 3.63) is 30.1 Å². The van der Waals surface area contributed by atoms with Crippen molar-refractivity contribution in [1.82, 2.24) is 25.1 Å². The minimum atomic E-state index is -0.433. The van der Waals surface area contributed by atoms with Gasteiger partial charge in [0.05, 0.1) is 23.4 Å². The second-order valence-corrected chi connectivity index (χ2v) is 6.09. The van der Waals surface area contributed by atoms with E-state index in [1.165, 1.54) is 33.5 Å². The first kappa shape index (κ1) is 16.9. The van der Waals surface area contributed by atoms with E-state index in [1.807, 2.05) is 6.07 Å². The van der Waals surface area contributed by atoms with Crippen molar-refractivity contribution in [2.45, 2.75) is 23.8 Å². The van der Waals surface area contributed by atoms with E-state index in [0.717, 1.165) is 0 Å². The van der Waals surface area contributed by atoms with Crippen LogP contribution in [0, 0.1) is 17.1 Å². The molecule has 0 bridgehead atoms. The molecule has 0 unspecified atom stereocenters. The summed E-state index contributed by atoms with van der Waals surface area (Å²) >= 11 is 1.18. The average Bonchev–Trinajstić information content (AvgIpc) is 2.99. The van der Waals surface area contributed by atoms with E-state index in [0.29, 0.717) is 17.4 Å². The quantitative estimate of drug-likeness (QED) is 0.747. The third-order valence-electron chi connectivity index (χ3n) is 3.06. The lowest BCUT2D eigenvalue weighted by Crippen LogP contribution is -2.34. The second kappa shape index (κ2) is 7.69. The lowest BCUT2D eigenvalue weighted by Gasteiger charge is -2.19. The van der Waals surface area contributed by atoms with Gasteiger partial charge in [-0.15, -0.1) is 5.10 Å². The Morgan fingerprint density at radius 2 is 2.35 bits per heavy atom. The van der Waals surface area contributed by atoms with Gasteiger partial charge >= 0.3 is 0 Å². The number of aromatic nitrogens is 4. The van der Waals surface area contributed by atoms with Crippen molar-refractivity contribution in [3.8, 4) is 11.8 Å². The predicted molar refractivity (Wildman–Crippen MR) is 82.3 cm³/mol. The van der Waals surface area contributed by atoms with Crippen LogP contribution in [0.2, 0.25) is 0 Å².